The zero-order chi connectivity index (χ0) is 18.7. The van der Waals surface area contributed by atoms with Gasteiger partial charge in [-0.05, 0) is 10.9 Å². The predicted octanol–water partition coefficient (Wildman–Crippen LogP) is 2.98. The Morgan fingerprint density at radius 3 is 2.77 bits per heavy atom. The molecule has 1 fully saturated rings. The molecule has 0 radical (unpaired) electrons. The Morgan fingerprint density at radius 2 is 2.08 bits per heavy atom. The molecule has 11 heteroatoms. The maximum atomic E-state index is 12.9. The molecule has 3 rings (SSSR count). The molecular weight excluding hydrogens is 393 g/mol. The van der Waals surface area contributed by atoms with Gasteiger partial charge in [0.2, 0.25) is 5.95 Å². The second kappa shape index (κ2) is 7.77. The predicted molar refractivity (Wildman–Crippen MR) is 90.6 cm³/mol. The molecule has 3 heterocycles. The molecule has 0 saturated carbocycles. The lowest BCUT2D eigenvalue weighted by Crippen LogP contribution is -2.37. The third-order valence-electron chi connectivity index (χ3n) is 3.73. The van der Waals surface area contributed by atoms with Gasteiger partial charge in [-0.25, -0.2) is 9.97 Å². The Kier molecular flexibility index (Phi) is 5.64. The molecule has 1 aliphatic rings. The summed E-state index contributed by atoms with van der Waals surface area (Å²) in [5, 5.41) is 4.82. The molecule has 0 unspecified atom stereocenters. The van der Waals surface area contributed by atoms with E-state index >= 15 is 0 Å². The maximum Gasteiger partial charge on any atom is 0.417 e. The number of nitrogens with one attached hydrogen (secondary N) is 1. The summed E-state index contributed by atoms with van der Waals surface area (Å²) in [6.07, 6.45) is -3.16. The highest BCUT2D eigenvalue weighted by atomic mass is 35.5. The van der Waals surface area contributed by atoms with Gasteiger partial charge in [0.1, 0.15) is 0 Å². The standard InChI is InChI=1S/C15H14ClF3N4O2S/c16-11-6-21-14(23-1-3-25-4-2-23)22-12(11)13(24)20-5-9-7-26-8-10(9)15(17,18)19/h6-8H,1-5H2,(H,20,24). The highest BCUT2D eigenvalue weighted by molar-refractivity contribution is 7.08. The van der Waals surface area contributed by atoms with Crippen molar-refractivity contribution in [1.29, 1.82) is 0 Å². The summed E-state index contributed by atoms with van der Waals surface area (Å²) in [6, 6.07) is 0. The molecule has 0 spiro atoms. The molecule has 1 saturated heterocycles. The number of anilines is 1. The van der Waals surface area contributed by atoms with E-state index in [0.29, 0.717) is 32.3 Å². The van der Waals surface area contributed by atoms with Crippen molar-refractivity contribution in [2.75, 3.05) is 31.2 Å². The van der Waals surface area contributed by atoms with E-state index in [9.17, 15) is 18.0 Å². The maximum absolute atomic E-state index is 12.9. The summed E-state index contributed by atoms with van der Waals surface area (Å²) in [5.74, 6) is -0.333. The van der Waals surface area contributed by atoms with Crippen molar-refractivity contribution in [3.63, 3.8) is 0 Å². The van der Waals surface area contributed by atoms with Gasteiger partial charge >= 0.3 is 6.18 Å². The number of halogens is 4. The molecule has 1 aliphatic heterocycles. The lowest BCUT2D eigenvalue weighted by molar-refractivity contribution is -0.137. The highest BCUT2D eigenvalue weighted by Gasteiger charge is 2.34. The average Bonchev–Trinajstić information content (AvgIpc) is 3.10. The fourth-order valence-electron chi connectivity index (χ4n) is 2.40. The summed E-state index contributed by atoms with van der Waals surface area (Å²) < 4.78 is 43.9. The minimum absolute atomic E-state index is 0.00516. The molecule has 0 atom stereocenters. The molecule has 140 valence electrons. The van der Waals surface area contributed by atoms with E-state index in [2.05, 4.69) is 15.3 Å². The second-order valence-electron chi connectivity index (χ2n) is 5.46. The van der Waals surface area contributed by atoms with E-state index in [1.54, 1.807) is 0 Å². The number of aromatic nitrogens is 2. The van der Waals surface area contributed by atoms with Crippen LogP contribution in [0.5, 0.6) is 0 Å². The van der Waals surface area contributed by atoms with Gasteiger partial charge in [-0.3, -0.25) is 4.79 Å². The van der Waals surface area contributed by atoms with Crippen LogP contribution >= 0.6 is 22.9 Å². The fourth-order valence-corrected chi connectivity index (χ4v) is 3.44. The van der Waals surface area contributed by atoms with E-state index in [1.165, 1.54) is 11.6 Å². The Labute approximate surface area is 156 Å². The smallest absolute Gasteiger partial charge is 0.378 e. The fraction of sp³-hybridized carbons (Fsp3) is 0.400. The van der Waals surface area contributed by atoms with Crippen LogP contribution in [-0.4, -0.2) is 42.2 Å². The summed E-state index contributed by atoms with van der Waals surface area (Å²) in [7, 11) is 0. The molecule has 2 aromatic rings. The van der Waals surface area contributed by atoms with Gasteiger partial charge < -0.3 is 15.0 Å². The van der Waals surface area contributed by atoms with Crippen LogP contribution in [0.15, 0.2) is 17.0 Å². The minimum Gasteiger partial charge on any atom is -0.378 e. The van der Waals surface area contributed by atoms with E-state index in [1.807, 2.05) is 4.90 Å². The van der Waals surface area contributed by atoms with Gasteiger partial charge in [0.25, 0.3) is 5.91 Å². The number of alkyl halides is 3. The summed E-state index contributed by atoms with van der Waals surface area (Å²) in [6.45, 7) is 1.92. The number of rotatable bonds is 4. The SMILES string of the molecule is O=C(NCc1cscc1C(F)(F)F)c1nc(N2CCOCC2)ncc1Cl. The highest BCUT2D eigenvalue weighted by Crippen LogP contribution is 2.34. The van der Waals surface area contributed by atoms with Crippen LogP contribution in [0.3, 0.4) is 0 Å². The molecule has 6 nitrogen and oxygen atoms in total. The quantitative estimate of drug-likeness (QED) is 0.845. The average molecular weight is 407 g/mol. The molecule has 0 aliphatic carbocycles. The van der Waals surface area contributed by atoms with Gasteiger partial charge in [0.15, 0.2) is 5.69 Å². The van der Waals surface area contributed by atoms with Crippen molar-refractivity contribution < 1.29 is 22.7 Å². The topological polar surface area (TPSA) is 67.4 Å². The van der Waals surface area contributed by atoms with Crippen molar-refractivity contribution in [2.24, 2.45) is 0 Å². The molecule has 1 N–H and O–H groups in total. The molecular formula is C15H14ClF3N4O2S. The normalized spacial score (nSPS) is 15.2. The van der Waals surface area contributed by atoms with Crippen molar-refractivity contribution in [3.8, 4) is 0 Å². The van der Waals surface area contributed by atoms with E-state index in [4.69, 9.17) is 16.3 Å². The largest absolute Gasteiger partial charge is 0.417 e. The third kappa shape index (κ3) is 4.25. The molecule has 0 aromatic carbocycles. The van der Waals surface area contributed by atoms with Crippen molar-refractivity contribution in [3.05, 3.63) is 38.8 Å². The first-order valence-corrected chi connectivity index (χ1v) is 8.94. The number of hydrogen-bond acceptors (Lipinski definition) is 6. The van der Waals surface area contributed by atoms with Crippen LogP contribution in [0, 0.1) is 0 Å². The van der Waals surface area contributed by atoms with Gasteiger partial charge in [0.05, 0.1) is 30.0 Å². The van der Waals surface area contributed by atoms with Crippen molar-refractivity contribution in [1.82, 2.24) is 15.3 Å². The minimum atomic E-state index is -4.46. The lowest BCUT2D eigenvalue weighted by Gasteiger charge is -2.26. The molecule has 26 heavy (non-hydrogen) atoms. The zero-order valence-corrected chi connectivity index (χ0v) is 14.9. The number of ether oxygens (including phenoxy) is 1. The Hall–Kier alpha value is -1.91. The summed E-state index contributed by atoms with van der Waals surface area (Å²) in [5.41, 5.74) is -0.841. The first kappa shape index (κ1) is 18.9. The van der Waals surface area contributed by atoms with E-state index < -0.39 is 17.6 Å². The number of morpholine rings is 1. The second-order valence-corrected chi connectivity index (χ2v) is 6.61. The van der Waals surface area contributed by atoms with Crippen molar-refractivity contribution >= 4 is 34.8 Å². The van der Waals surface area contributed by atoms with Gasteiger partial charge in [0, 0.05) is 25.0 Å². The summed E-state index contributed by atoms with van der Waals surface area (Å²) >= 11 is 6.91. The van der Waals surface area contributed by atoms with Crippen LogP contribution in [-0.2, 0) is 17.5 Å². The number of carbonyl (C=O) groups excluding carboxylic acids is 1. The van der Waals surface area contributed by atoms with E-state index in [-0.39, 0.29) is 22.8 Å². The summed E-state index contributed by atoms with van der Waals surface area (Å²) in [4.78, 5) is 22.5. The number of carbonyl (C=O) groups is 1. The number of amides is 1. The first-order valence-electron chi connectivity index (χ1n) is 7.62. The van der Waals surface area contributed by atoms with Crippen LogP contribution in [0.4, 0.5) is 19.1 Å². The first-order chi connectivity index (χ1) is 12.4. The van der Waals surface area contributed by atoms with Gasteiger partial charge in [-0.2, -0.15) is 24.5 Å². The van der Waals surface area contributed by atoms with Crippen LogP contribution < -0.4 is 10.2 Å². The Bertz CT molecular complexity index is 793. The van der Waals surface area contributed by atoms with Crippen LogP contribution in [0.2, 0.25) is 5.02 Å². The number of nitrogens with zero attached hydrogens (tertiary/aromatic N) is 3. The van der Waals surface area contributed by atoms with Gasteiger partial charge in [-0.1, -0.05) is 11.6 Å². The lowest BCUT2D eigenvalue weighted by atomic mass is 10.2. The molecule has 1 amide bonds. The zero-order valence-electron chi connectivity index (χ0n) is 13.3. The van der Waals surface area contributed by atoms with Crippen molar-refractivity contribution in [2.45, 2.75) is 12.7 Å². The van der Waals surface area contributed by atoms with Gasteiger partial charge in [-0.15, -0.1) is 0 Å². The monoisotopic (exact) mass is 406 g/mol. The Morgan fingerprint density at radius 1 is 1.35 bits per heavy atom. The van der Waals surface area contributed by atoms with Crippen LogP contribution in [0.1, 0.15) is 21.6 Å². The van der Waals surface area contributed by atoms with E-state index in [0.717, 1.165) is 16.7 Å². The number of thiophene rings is 1. The number of hydrogen-bond donors (Lipinski definition) is 1. The Balaban J connectivity index is 1.73. The molecule has 0 bridgehead atoms. The van der Waals surface area contributed by atoms with Crippen LogP contribution in [0.25, 0.3) is 0 Å². The third-order valence-corrected chi connectivity index (χ3v) is 4.80. The molecule has 2 aromatic heterocycles.